The van der Waals surface area contributed by atoms with Gasteiger partial charge in [0.1, 0.15) is 116 Å². The summed E-state index contributed by atoms with van der Waals surface area (Å²) in [5, 5.41) is 185. The van der Waals surface area contributed by atoms with E-state index in [0.29, 0.717) is 38.5 Å². The van der Waals surface area contributed by atoms with E-state index in [2.05, 4.69) is 40.7 Å². The number of allylic oxidation sites excluding steroid dienone is 2. The van der Waals surface area contributed by atoms with E-state index in [1.54, 1.807) is 0 Å². The van der Waals surface area contributed by atoms with Gasteiger partial charge in [-0.25, -0.2) is 0 Å². The third-order valence-corrected chi connectivity index (χ3v) is 22.6. The molecule has 0 aromatic carbocycles. The molecular weight excluding hydrogens is 1140 g/mol. The molecule has 0 bridgehead atoms. The number of hydrogen-bond donors (Lipinski definition) is 17. The van der Waals surface area contributed by atoms with Gasteiger partial charge < -0.3 is 134 Å². The molecule has 4 aliphatic carbocycles. The van der Waals surface area contributed by atoms with Crippen molar-refractivity contribution in [3.63, 3.8) is 0 Å². The molecule has 0 aromatic heterocycles. The van der Waals surface area contributed by atoms with Gasteiger partial charge in [0.25, 0.3) is 0 Å². The van der Waals surface area contributed by atoms with Crippen LogP contribution in [-0.2, 0) is 47.4 Å². The molecule has 498 valence electrons. The molecule has 0 aromatic rings. The standard InChI is InChI=1S/C59H100O27/c1-24(2)10-9-14-59(8,86-53-46(75)42(71)39(68)31(82-53)23-78-51-47(76)48(40(69)30(21-62)79-51)84-50-44(73)36(65)27(64)22-77-50)25-11-16-58(7)35(25)26(63)18-33-56(5)15-13-34(55(3,4)32(56)12-17-57(33,58)6)83-54-49(43(72)38(67)29(20-61)81-54)85-52-45(74)41(70)37(66)28(19-60)80-52/h10,25-54,60-76H,9,11-23H2,1-8H3/t25-,26+,27+,28+,29+,30+,31+,32+,33+,34-,35-,36-,37+,38+,39+,40+,41-,42-,43-,44+,45+,46+,47+,48-,49+,50-,51+,52-,53-,54-,56-,57+,58+,59-/m0/s1. The van der Waals surface area contributed by atoms with Crippen LogP contribution in [0, 0.1) is 45.3 Å². The molecule has 5 aliphatic heterocycles. The maximum atomic E-state index is 12.9. The van der Waals surface area contributed by atoms with Gasteiger partial charge in [-0.15, -0.1) is 0 Å². The van der Waals surface area contributed by atoms with Crippen molar-refractivity contribution in [1.82, 2.24) is 0 Å². The molecule has 0 spiro atoms. The average molecular weight is 1240 g/mol. The van der Waals surface area contributed by atoms with Gasteiger partial charge in [-0.1, -0.05) is 46.3 Å². The van der Waals surface area contributed by atoms with Gasteiger partial charge in [0, 0.05) is 0 Å². The first-order valence-corrected chi connectivity index (χ1v) is 30.8. The monoisotopic (exact) mass is 1240 g/mol. The summed E-state index contributed by atoms with van der Waals surface area (Å²) in [7, 11) is 0. The molecule has 0 unspecified atom stereocenters. The Morgan fingerprint density at radius 3 is 1.70 bits per heavy atom. The number of hydrogen-bond acceptors (Lipinski definition) is 27. The zero-order valence-corrected chi connectivity index (χ0v) is 50.5. The summed E-state index contributed by atoms with van der Waals surface area (Å²) < 4.78 is 60.5. The van der Waals surface area contributed by atoms with Gasteiger partial charge in [-0.05, 0) is 124 Å². The lowest BCUT2D eigenvalue weighted by molar-refractivity contribution is -0.378. The minimum atomic E-state index is -1.84. The van der Waals surface area contributed by atoms with E-state index in [-0.39, 0.29) is 34.5 Å². The molecule has 0 radical (unpaired) electrons. The second kappa shape index (κ2) is 26.6. The van der Waals surface area contributed by atoms with Gasteiger partial charge in [-0.2, -0.15) is 0 Å². The quantitative estimate of drug-likeness (QED) is 0.0463. The number of ether oxygens (including phenoxy) is 10. The van der Waals surface area contributed by atoms with E-state index in [4.69, 9.17) is 47.4 Å². The van der Waals surface area contributed by atoms with Crippen LogP contribution in [0.4, 0.5) is 0 Å². The van der Waals surface area contributed by atoms with Crippen molar-refractivity contribution in [2.75, 3.05) is 33.0 Å². The average Bonchev–Trinajstić information content (AvgIpc) is 1.29. The lowest BCUT2D eigenvalue weighted by Crippen LogP contribution is -2.68. The summed E-state index contributed by atoms with van der Waals surface area (Å²) in [4.78, 5) is 0. The fourth-order valence-electron chi connectivity index (χ4n) is 17.5. The highest BCUT2D eigenvalue weighted by atomic mass is 16.8. The summed E-state index contributed by atoms with van der Waals surface area (Å²) in [5.74, 6) is -0.628. The van der Waals surface area contributed by atoms with Crippen LogP contribution in [0.3, 0.4) is 0 Å². The van der Waals surface area contributed by atoms with Crippen molar-refractivity contribution in [2.45, 2.75) is 278 Å². The summed E-state index contributed by atoms with van der Waals surface area (Å²) >= 11 is 0. The minimum Gasteiger partial charge on any atom is -0.394 e. The normalized spacial score (nSPS) is 52.9. The Hall–Kier alpha value is -1.34. The molecule has 9 aliphatic rings. The molecule has 0 amide bonds. The van der Waals surface area contributed by atoms with Gasteiger partial charge >= 0.3 is 0 Å². The van der Waals surface area contributed by atoms with Crippen LogP contribution in [0.5, 0.6) is 0 Å². The summed E-state index contributed by atoms with van der Waals surface area (Å²) in [6.07, 6.45) is -33.0. The minimum absolute atomic E-state index is 0.00480. The van der Waals surface area contributed by atoms with E-state index < -0.39 is 209 Å². The topological polar surface area (TPSA) is 436 Å². The van der Waals surface area contributed by atoms with Crippen LogP contribution in [0.15, 0.2) is 11.6 Å². The summed E-state index contributed by atoms with van der Waals surface area (Å²) in [6, 6.07) is 0. The smallest absolute Gasteiger partial charge is 0.187 e. The number of aliphatic hydroxyl groups is 17. The molecule has 17 N–H and O–H groups in total. The Kier molecular flexibility index (Phi) is 21.3. The molecular formula is C59H100O27. The van der Waals surface area contributed by atoms with Gasteiger partial charge in [0.15, 0.2) is 31.5 Å². The van der Waals surface area contributed by atoms with Gasteiger partial charge in [-0.3, -0.25) is 0 Å². The van der Waals surface area contributed by atoms with E-state index in [1.165, 1.54) is 0 Å². The fourth-order valence-corrected chi connectivity index (χ4v) is 17.5. The highest BCUT2D eigenvalue weighted by molar-refractivity contribution is 5.21. The number of aliphatic hydroxyl groups excluding tert-OH is 17. The van der Waals surface area contributed by atoms with Crippen LogP contribution in [-0.4, -0.2) is 285 Å². The van der Waals surface area contributed by atoms with Crippen LogP contribution >= 0.6 is 0 Å². The van der Waals surface area contributed by atoms with Crippen molar-refractivity contribution < 1.29 is 134 Å². The van der Waals surface area contributed by atoms with E-state index >= 15 is 0 Å². The molecule has 5 saturated heterocycles. The van der Waals surface area contributed by atoms with Crippen molar-refractivity contribution in [2.24, 2.45) is 45.3 Å². The van der Waals surface area contributed by atoms with Crippen molar-refractivity contribution in [1.29, 1.82) is 0 Å². The molecule has 27 heteroatoms. The summed E-state index contributed by atoms with van der Waals surface area (Å²) in [6.45, 7) is 13.8. The SMILES string of the molecule is CC(C)=CCC[C@](C)(O[C@@H]1O[C@H](CO[C@@H]2O[C@H](CO)[C@@H](O)[C@H](O[C@@H]3OC[C@@H](O)[C@H](O)[C@H]3O)[C@H]2O)[C@@H](O)[C@H](O)[C@H]1O)[C@H]1CC[C@]2(C)[C@@H]1[C@H](O)C[C@@H]1[C@@]3(C)CC[C@H](O[C@@H]4O[C@H](CO)[C@@H](O)[C@H](O)[C@H]4O[C@@H]4O[C@H](CO)[C@@H](O)[C@H](O)[C@H]4O)C(C)(C)[C@H]3CC[C@]12C. The Morgan fingerprint density at radius 1 is 0.512 bits per heavy atom. The predicted molar refractivity (Wildman–Crippen MR) is 293 cm³/mol. The van der Waals surface area contributed by atoms with Crippen molar-refractivity contribution in [3.8, 4) is 0 Å². The molecule has 27 nitrogen and oxygen atoms in total. The molecule has 86 heavy (non-hydrogen) atoms. The fraction of sp³-hybridized carbons (Fsp3) is 0.966. The molecule has 9 fully saturated rings. The highest BCUT2D eigenvalue weighted by Crippen LogP contribution is 2.76. The second-order valence-corrected chi connectivity index (χ2v) is 28.1. The first kappa shape index (κ1) is 69.0. The maximum absolute atomic E-state index is 12.9. The Balaban J connectivity index is 0.913. The Bertz CT molecular complexity index is 2260. The molecule has 9 rings (SSSR count). The largest absolute Gasteiger partial charge is 0.394 e. The molecule has 34 atom stereocenters. The maximum Gasteiger partial charge on any atom is 0.187 e. The van der Waals surface area contributed by atoms with E-state index in [0.717, 1.165) is 24.8 Å². The first-order valence-electron chi connectivity index (χ1n) is 30.8. The molecule has 5 heterocycles. The zero-order chi connectivity index (χ0) is 63.1. The zero-order valence-electron chi connectivity index (χ0n) is 50.5. The lowest BCUT2D eigenvalue weighted by Gasteiger charge is -2.71. The number of fused-ring (bicyclic) bond motifs is 5. The highest BCUT2D eigenvalue weighted by Gasteiger charge is 2.72. The van der Waals surface area contributed by atoms with E-state index in [1.807, 2.05) is 20.8 Å². The predicted octanol–water partition coefficient (Wildman–Crippen LogP) is -3.74. The first-order chi connectivity index (χ1) is 40.3. The third kappa shape index (κ3) is 12.3. The van der Waals surface area contributed by atoms with Crippen LogP contribution in [0.2, 0.25) is 0 Å². The van der Waals surface area contributed by atoms with Gasteiger partial charge in [0.2, 0.25) is 0 Å². The Morgan fingerprint density at radius 2 is 1.06 bits per heavy atom. The lowest BCUT2D eigenvalue weighted by atomic mass is 9.35. The van der Waals surface area contributed by atoms with Crippen LogP contribution in [0.25, 0.3) is 0 Å². The Labute approximate surface area is 501 Å². The van der Waals surface area contributed by atoms with Crippen LogP contribution in [0.1, 0.15) is 113 Å². The van der Waals surface area contributed by atoms with E-state index in [9.17, 15) is 86.8 Å². The van der Waals surface area contributed by atoms with Crippen LogP contribution < -0.4 is 0 Å². The number of rotatable bonds is 18. The van der Waals surface area contributed by atoms with Gasteiger partial charge in [0.05, 0.1) is 50.8 Å². The van der Waals surface area contributed by atoms with Crippen molar-refractivity contribution in [3.05, 3.63) is 11.6 Å². The third-order valence-electron chi connectivity index (χ3n) is 22.6. The second-order valence-electron chi connectivity index (χ2n) is 28.1. The van der Waals surface area contributed by atoms with Crippen molar-refractivity contribution >= 4 is 0 Å². The summed E-state index contributed by atoms with van der Waals surface area (Å²) in [5.41, 5.74) is -1.82. The molecule has 4 saturated carbocycles.